The summed E-state index contributed by atoms with van der Waals surface area (Å²) in [6.07, 6.45) is 0. The lowest BCUT2D eigenvalue weighted by Gasteiger charge is -2.15. The molecule has 122 valence electrons. The average molecular weight is 339 g/mol. The zero-order valence-corrected chi connectivity index (χ0v) is 14.2. The highest BCUT2D eigenvalue weighted by Crippen LogP contribution is 2.24. The Morgan fingerprint density at radius 1 is 1.17 bits per heavy atom. The topological polar surface area (TPSA) is 78.0 Å². The molecule has 0 aliphatic rings. The molecule has 0 aliphatic heterocycles. The van der Waals surface area contributed by atoms with Crippen molar-refractivity contribution in [1.29, 1.82) is 0 Å². The van der Waals surface area contributed by atoms with Crippen molar-refractivity contribution in [2.75, 3.05) is 0 Å². The molecule has 1 unspecified atom stereocenters. The van der Waals surface area contributed by atoms with E-state index in [0.29, 0.717) is 21.7 Å². The molecule has 1 heterocycles. The number of para-hydroxylation sites is 1. The molecule has 1 amide bonds. The van der Waals surface area contributed by atoms with E-state index >= 15 is 0 Å². The van der Waals surface area contributed by atoms with Crippen LogP contribution in [0.3, 0.4) is 0 Å². The zero-order chi connectivity index (χ0) is 17.3. The van der Waals surface area contributed by atoms with E-state index in [-0.39, 0.29) is 5.56 Å². The standard InChI is InChI=1S/C18H17N3O2S/c1-11-7-9-13(10-8-11)21-17(23)14-5-3-4-6-15(14)20-18(21)24-12(2)16(19)22/h3-10,12H,1-2H3,(H2,19,22). The number of primary amides is 1. The van der Waals surface area contributed by atoms with Crippen molar-refractivity contribution < 1.29 is 4.79 Å². The highest BCUT2D eigenvalue weighted by molar-refractivity contribution is 8.00. The largest absolute Gasteiger partial charge is 0.369 e. The smallest absolute Gasteiger partial charge is 0.266 e. The number of aromatic nitrogens is 2. The van der Waals surface area contributed by atoms with Crippen molar-refractivity contribution >= 4 is 28.6 Å². The lowest BCUT2D eigenvalue weighted by Crippen LogP contribution is -2.26. The first-order chi connectivity index (χ1) is 11.5. The molecule has 3 aromatic rings. The molecule has 0 radical (unpaired) electrons. The number of amides is 1. The second-order valence-corrected chi connectivity index (χ2v) is 6.86. The Balaban J connectivity index is 2.27. The van der Waals surface area contributed by atoms with Crippen LogP contribution in [0.5, 0.6) is 0 Å². The maximum absolute atomic E-state index is 13.0. The number of nitrogens with two attached hydrogens (primary N) is 1. The van der Waals surface area contributed by atoms with E-state index in [1.54, 1.807) is 19.1 Å². The molecule has 1 aromatic heterocycles. The van der Waals surface area contributed by atoms with E-state index in [1.165, 1.54) is 16.3 Å². The fraction of sp³-hybridized carbons (Fsp3) is 0.167. The zero-order valence-electron chi connectivity index (χ0n) is 13.4. The summed E-state index contributed by atoms with van der Waals surface area (Å²) in [5, 5.41) is 0.498. The first-order valence-corrected chi connectivity index (χ1v) is 8.40. The maximum Gasteiger partial charge on any atom is 0.266 e. The summed E-state index contributed by atoms with van der Waals surface area (Å²) in [4.78, 5) is 29.0. The maximum atomic E-state index is 13.0. The molecule has 0 aliphatic carbocycles. The predicted octanol–water partition coefficient (Wildman–Crippen LogP) is 2.66. The summed E-state index contributed by atoms with van der Waals surface area (Å²) in [5.41, 5.74) is 7.62. The van der Waals surface area contributed by atoms with Gasteiger partial charge < -0.3 is 5.73 Å². The Morgan fingerprint density at radius 2 is 1.83 bits per heavy atom. The lowest BCUT2D eigenvalue weighted by molar-refractivity contribution is -0.117. The summed E-state index contributed by atoms with van der Waals surface area (Å²) >= 11 is 1.18. The van der Waals surface area contributed by atoms with E-state index < -0.39 is 11.2 Å². The van der Waals surface area contributed by atoms with Crippen LogP contribution >= 0.6 is 11.8 Å². The van der Waals surface area contributed by atoms with E-state index in [4.69, 9.17) is 5.73 Å². The van der Waals surface area contributed by atoms with Crippen LogP contribution in [-0.4, -0.2) is 20.7 Å². The summed E-state index contributed by atoms with van der Waals surface area (Å²) in [6, 6.07) is 14.8. The van der Waals surface area contributed by atoms with Gasteiger partial charge in [-0.2, -0.15) is 0 Å². The number of thioether (sulfide) groups is 1. The van der Waals surface area contributed by atoms with Gasteiger partial charge >= 0.3 is 0 Å². The molecule has 6 heteroatoms. The second kappa shape index (κ2) is 6.49. The van der Waals surface area contributed by atoms with Crippen LogP contribution in [0.4, 0.5) is 0 Å². The van der Waals surface area contributed by atoms with Crippen LogP contribution in [0.2, 0.25) is 0 Å². The van der Waals surface area contributed by atoms with Gasteiger partial charge in [0.15, 0.2) is 5.16 Å². The number of fused-ring (bicyclic) bond motifs is 1. The monoisotopic (exact) mass is 339 g/mol. The van der Waals surface area contributed by atoms with Gasteiger partial charge in [-0.05, 0) is 38.1 Å². The molecule has 0 saturated heterocycles. The fourth-order valence-corrected chi connectivity index (χ4v) is 3.21. The molecule has 5 nitrogen and oxygen atoms in total. The summed E-state index contributed by atoms with van der Waals surface area (Å²) in [6.45, 7) is 3.68. The Hall–Kier alpha value is -2.60. The van der Waals surface area contributed by atoms with Gasteiger partial charge in [-0.3, -0.25) is 14.2 Å². The first-order valence-electron chi connectivity index (χ1n) is 7.52. The summed E-state index contributed by atoms with van der Waals surface area (Å²) < 4.78 is 1.53. The molecular weight excluding hydrogens is 322 g/mol. The van der Waals surface area contributed by atoms with Crippen LogP contribution in [0.25, 0.3) is 16.6 Å². The summed E-state index contributed by atoms with van der Waals surface area (Å²) in [7, 11) is 0. The number of hydrogen-bond donors (Lipinski definition) is 1. The van der Waals surface area contributed by atoms with Crippen LogP contribution < -0.4 is 11.3 Å². The van der Waals surface area contributed by atoms with Crippen LogP contribution in [0.1, 0.15) is 12.5 Å². The van der Waals surface area contributed by atoms with Crippen molar-refractivity contribution in [3.05, 3.63) is 64.4 Å². The average Bonchev–Trinajstić information content (AvgIpc) is 2.56. The number of carbonyl (C=O) groups is 1. The lowest BCUT2D eigenvalue weighted by atomic mass is 10.2. The third-order valence-electron chi connectivity index (χ3n) is 3.72. The minimum Gasteiger partial charge on any atom is -0.369 e. The fourth-order valence-electron chi connectivity index (χ4n) is 2.33. The minimum absolute atomic E-state index is 0.163. The molecule has 2 N–H and O–H groups in total. The van der Waals surface area contributed by atoms with E-state index in [9.17, 15) is 9.59 Å². The van der Waals surface area contributed by atoms with Gasteiger partial charge in [-0.25, -0.2) is 4.98 Å². The molecule has 0 bridgehead atoms. The summed E-state index contributed by atoms with van der Waals surface area (Å²) in [5.74, 6) is -0.446. The van der Waals surface area contributed by atoms with Gasteiger partial charge in [-0.15, -0.1) is 0 Å². The first kappa shape index (κ1) is 16.3. The third-order valence-corrected chi connectivity index (χ3v) is 4.79. The van der Waals surface area contributed by atoms with Crippen LogP contribution in [0.15, 0.2) is 58.5 Å². The van der Waals surface area contributed by atoms with Gasteiger partial charge in [0, 0.05) is 0 Å². The number of benzene rings is 2. The Morgan fingerprint density at radius 3 is 2.50 bits per heavy atom. The Bertz CT molecular complexity index is 964. The van der Waals surface area contributed by atoms with Crippen molar-refractivity contribution in [2.24, 2.45) is 5.73 Å². The molecule has 0 saturated carbocycles. The second-order valence-electron chi connectivity index (χ2n) is 5.55. The van der Waals surface area contributed by atoms with Gasteiger partial charge in [0.2, 0.25) is 5.91 Å². The molecular formula is C18H17N3O2S. The molecule has 0 fully saturated rings. The normalized spacial score (nSPS) is 12.2. The van der Waals surface area contributed by atoms with Crippen molar-refractivity contribution in [1.82, 2.24) is 9.55 Å². The van der Waals surface area contributed by atoms with Gasteiger partial charge in [0.1, 0.15) is 0 Å². The minimum atomic E-state index is -0.491. The molecule has 3 rings (SSSR count). The van der Waals surface area contributed by atoms with Crippen LogP contribution in [0, 0.1) is 6.92 Å². The molecule has 24 heavy (non-hydrogen) atoms. The Kier molecular flexibility index (Phi) is 4.40. The van der Waals surface area contributed by atoms with E-state index in [1.807, 2.05) is 43.3 Å². The molecule has 0 spiro atoms. The number of carbonyl (C=O) groups excluding carboxylic acids is 1. The van der Waals surface area contributed by atoms with Crippen LogP contribution in [-0.2, 0) is 4.79 Å². The van der Waals surface area contributed by atoms with Crippen molar-refractivity contribution in [3.63, 3.8) is 0 Å². The number of rotatable bonds is 4. The highest BCUT2D eigenvalue weighted by Gasteiger charge is 2.18. The molecule has 1 atom stereocenters. The van der Waals surface area contributed by atoms with Crippen molar-refractivity contribution in [3.8, 4) is 5.69 Å². The van der Waals surface area contributed by atoms with E-state index in [2.05, 4.69) is 4.98 Å². The predicted molar refractivity (Wildman–Crippen MR) is 96.6 cm³/mol. The number of aryl methyl sites for hydroxylation is 1. The quantitative estimate of drug-likeness (QED) is 0.585. The van der Waals surface area contributed by atoms with Gasteiger partial charge in [-0.1, -0.05) is 41.6 Å². The van der Waals surface area contributed by atoms with Gasteiger partial charge in [0.05, 0.1) is 21.8 Å². The SMILES string of the molecule is Cc1ccc(-n2c(SC(C)C(N)=O)nc3ccccc3c2=O)cc1. The Labute approximate surface area is 143 Å². The van der Waals surface area contributed by atoms with Crippen molar-refractivity contribution in [2.45, 2.75) is 24.3 Å². The number of hydrogen-bond acceptors (Lipinski definition) is 4. The third kappa shape index (κ3) is 3.05. The highest BCUT2D eigenvalue weighted by atomic mass is 32.2. The van der Waals surface area contributed by atoms with Gasteiger partial charge in [0.25, 0.3) is 5.56 Å². The van der Waals surface area contributed by atoms with E-state index in [0.717, 1.165) is 5.56 Å². The molecule has 2 aromatic carbocycles. The number of nitrogens with zero attached hydrogens (tertiary/aromatic N) is 2.